The third kappa shape index (κ3) is 3.75. The molecule has 0 radical (unpaired) electrons. The third-order valence-corrected chi connectivity index (χ3v) is 4.34. The van der Waals surface area contributed by atoms with Crippen LogP contribution in [0, 0.1) is 11.3 Å². The monoisotopic (exact) mass is 275 g/mol. The molecule has 1 aromatic rings. The Bertz CT molecular complexity index is 468. The number of carbonyl (C=O) groups is 1. The van der Waals surface area contributed by atoms with Gasteiger partial charge in [-0.05, 0) is 41.9 Å². The molecule has 1 aliphatic heterocycles. The van der Waals surface area contributed by atoms with Crippen molar-refractivity contribution in [3.05, 3.63) is 29.8 Å². The van der Waals surface area contributed by atoms with E-state index in [2.05, 4.69) is 20.8 Å². The molecule has 1 amide bonds. The van der Waals surface area contributed by atoms with Crippen molar-refractivity contribution in [3.8, 4) is 5.75 Å². The topological polar surface area (TPSA) is 40.5 Å². The summed E-state index contributed by atoms with van der Waals surface area (Å²) in [4.78, 5) is 14.2. The average Bonchev–Trinajstić information content (AvgIpc) is 2.38. The number of aromatic hydroxyl groups is 1. The Kier molecular flexibility index (Phi) is 4.36. The number of hydrogen-bond acceptors (Lipinski definition) is 2. The van der Waals surface area contributed by atoms with Crippen molar-refractivity contribution in [3.63, 3.8) is 0 Å². The highest BCUT2D eigenvalue weighted by atomic mass is 16.3. The minimum absolute atomic E-state index is 0.169. The van der Waals surface area contributed by atoms with E-state index in [4.69, 9.17) is 0 Å². The standard InChI is InChI=1S/C17H25NO2/c1-17(2,3)14-7-9-18(10-8-14)16(20)12-13-5-4-6-15(19)11-13/h4-6,11,14,19H,7-10,12H2,1-3H3. The van der Waals surface area contributed by atoms with Gasteiger partial charge in [-0.3, -0.25) is 4.79 Å². The number of carbonyl (C=O) groups excluding carboxylic acids is 1. The lowest BCUT2D eigenvalue weighted by Gasteiger charge is -2.38. The van der Waals surface area contributed by atoms with E-state index >= 15 is 0 Å². The average molecular weight is 275 g/mol. The van der Waals surface area contributed by atoms with Crippen LogP contribution in [0.5, 0.6) is 5.75 Å². The van der Waals surface area contributed by atoms with E-state index < -0.39 is 0 Å². The fourth-order valence-electron chi connectivity index (χ4n) is 2.95. The minimum Gasteiger partial charge on any atom is -0.508 e. The van der Waals surface area contributed by atoms with E-state index in [0.29, 0.717) is 17.8 Å². The number of likely N-dealkylation sites (tertiary alicyclic amines) is 1. The molecule has 2 rings (SSSR count). The zero-order valence-corrected chi connectivity index (χ0v) is 12.7. The van der Waals surface area contributed by atoms with E-state index in [1.165, 1.54) is 0 Å². The van der Waals surface area contributed by atoms with Crippen LogP contribution >= 0.6 is 0 Å². The molecular weight excluding hydrogens is 250 g/mol. The number of nitrogens with zero attached hydrogens (tertiary/aromatic N) is 1. The van der Waals surface area contributed by atoms with Gasteiger partial charge in [0.15, 0.2) is 0 Å². The Labute approximate surface area is 121 Å². The Hall–Kier alpha value is -1.51. The first-order chi connectivity index (χ1) is 9.36. The van der Waals surface area contributed by atoms with Gasteiger partial charge in [-0.15, -0.1) is 0 Å². The summed E-state index contributed by atoms with van der Waals surface area (Å²) in [5.41, 5.74) is 1.22. The summed E-state index contributed by atoms with van der Waals surface area (Å²) in [6.45, 7) is 8.56. The SMILES string of the molecule is CC(C)(C)C1CCN(C(=O)Cc2cccc(O)c2)CC1. The number of phenolic OH excluding ortho intramolecular Hbond substituents is 1. The predicted molar refractivity (Wildman–Crippen MR) is 80.6 cm³/mol. The first-order valence-corrected chi connectivity index (χ1v) is 7.42. The number of hydrogen-bond donors (Lipinski definition) is 1. The summed E-state index contributed by atoms with van der Waals surface area (Å²) in [5.74, 6) is 1.09. The molecular formula is C17H25NO2. The van der Waals surface area contributed by atoms with Crippen LogP contribution in [0.3, 0.4) is 0 Å². The molecule has 0 bridgehead atoms. The molecule has 3 nitrogen and oxygen atoms in total. The van der Waals surface area contributed by atoms with Gasteiger partial charge in [-0.1, -0.05) is 32.9 Å². The number of rotatable bonds is 2. The summed E-state index contributed by atoms with van der Waals surface area (Å²) < 4.78 is 0. The van der Waals surface area contributed by atoms with Crippen LogP contribution in [0.25, 0.3) is 0 Å². The first-order valence-electron chi connectivity index (χ1n) is 7.42. The van der Waals surface area contributed by atoms with E-state index in [1.807, 2.05) is 11.0 Å². The van der Waals surface area contributed by atoms with Gasteiger partial charge in [0.25, 0.3) is 0 Å². The van der Waals surface area contributed by atoms with Crippen molar-refractivity contribution in [1.82, 2.24) is 4.90 Å². The van der Waals surface area contributed by atoms with Crippen LogP contribution in [0.15, 0.2) is 24.3 Å². The van der Waals surface area contributed by atoms with Gasteiger partial charge in [-0.2, -0.15) is 0 Å². The maximum Gasteiger partial charge on any atom is 0.226 e. The van der Waals surface area contributed by atoms with Gasteiger partial charge >= 0.3 is 0 Å². The molecule has 0 unspecified atom stereocenters. The molecule has 1 aromatic carbocycles. The maximum absolute atomic E-state index is 12.3. The summed E-state index contributed by atoms with van der Waals surface area (Å²) >= 11 is 0. The number of benzene rings is 1. The Morgan fingerprint density at radius 1 is 1.30 bits per heavy atom. The normalized spacial score (nSPS) is 17.2. The summed E-state index contributed by atoms with van der Waals surface area (Å²) in [7, 11) is 0. The second kappa shape index (κ2) is 5.86. The Morgan fingerprint density at radius 3 is 2.50 bits per heavy atom. The largest absolute Gasteiger partial charge is 0.508 e. The molecule has 1 N–H and O–H groups in total. The number of amides is 1. The van der Waals surface area contributed by atoms with Gasteiger partial charge in [0.05, 0.1) is 6.42 Å². The van der Waals surface area contributed by atoms with Crippen molar-refractivity contribution < 1.29 is 9.90 Å². The highest BCUT2D eigenvalue weighted by molar-refractivity contribution is 5.79. The second-order valence-corrected chi connectivity index (χ2v) is 6.87. The maximum atomic E-state index is 12.3. The zero-order valence-electron chi connectivity index (χ0n) is 12.7. The van der Waals surface area contributed by atoms with Gasteiger partial charge < -0.3 is 10.0 Å². The lowest BCUT2D eigenvalue weighted by molar-refractivity contribution is -0.132. The highest BCUT2D eigenvalue weighted by Gasteiger charge is 2.30. The molecule has 1 saturated heterocycles. The molecule has 0 saturated carbocycles. The summed E-state index contributed by atoms with van der Waals surface area (Å²) in [6.07, 6.45) is 2.57. The van der Waals surface area contributed by atoms with Crippen molar-refractivity contribution in [2.24, 2.45) is 11.3 Å². The van der Waals surface area contributed by atoms with Crippen molar-refractivity contribution in [2.75, 3.05) is 13.1 Å². The van der Waals surface area contributed by atoms with Crippen LogP contribution in [-0.2, 0) is 11.2 Å². The van der Waals surface area contributed by atoms with Crippen LogP contribution in [-0.4, -0.2) is 29.0 Å². The van der Waals surface area contributed by atoms with E-state index in [0.717, 1.165) is 31.5 Å². The molecule has 0 aliphatic carbocycles. The molecule has 0 atom stereocenters. The first kappa shape index (κ1) is 14.9. The Morgan fingerprint density at radius 2 is 1.95 bits per heavy atom. The molecule has 110 valence electrons. The van der Waals surface area contributed by atoms with E-state index in [9.17, 15) is 9.90 Å². The summed E-state index contributed by atoms with van der Waals surface area (Å²) in [6, 6.07) is 6.96. The smallest absolute Gasteiger partial charge is 0.226 e. The molecule has 0 aromatic heterocycles. The lowest BCUT2D eigenvalue weighted by Crippen LogP contribution is -2.42. The second-order valence-electron chi connectivity index (χ2n) is 6.87. The van der Waals surface area contributed by atoms with E-state index in [-0.39, 0.29) is 11.7 Å². The number of phenols is 1. The highest BCUT2D eigenvalue weighted by Crippen LogP contribution is 2.34. The van der Waals surface area contributed by atoms with Crippen molar-refractivity contribution in [1.29, 1.82) is 0 Å². The molecule has 1 aliphatic rings. The predicted octanol–water partition coefficient (Wildman–Crippen LogP) is 3.22. The van der Waals surface area contributed by atoms with Gasteiger partial charge in [-0.25, -0.2) is 0 Å². The molecule has 1 fully saturated rings. The third-order valence-electron chi connectivity index (χ3n) is 4.34. The number of piperidine rings is 1. The van der Waals surface area contributed by atoms with Crippen LogP contribution in [0.2, 0.25) is 0 Å². The van der Waals surface area contributed by atoms with Crippen LogP contribution in [0.1, 0.15) is 39.2 Å². The van der Waals surface area contributed by atoms with Gasteiger partial charge in [0.1, 0.15) is 5.75 Å². The van der Waals surface area contributed by atoms with Crippen molar-refractivity contribution in [2.45, 2.75) is 40.0 Å². The van der Waals surface area contributed by atoms with Crippen LogP contribution < -0.4 is 0 Å². The minimum atomic E-state index is 0.169. The quantitative estimate of drug-likeness (QED) is 0.900. The van der Waals surface area contributed by atoms with E-state index in [1.54, 1.807) is 18.2 Å². The fourth-order valence-corrected chi connectivity index (χ4v) is 2.95. The molecule has 20 heavy (non-hydrogen) atoms. The molecule has 1 heterocycles. The fraction of sp³-hybridized carbons (Fsp3) is 0.588. The van der Waals surface area contributed by atoms with Gasteiger partial charge in [0, 0.05) is 13.1 Å². The van der Waals surface area contributed by atoms with Crippen LogP contribution in [0.4, 0.5) is 0 Å². The molecule has 0 spiro atoms. The summed E-state index contributed by atoms with van der Waals surface area (Å²) in [5, 5.41) is 9.44. The lowest BCUT2D eigenvalue weighted by atomic mass is 9.75. The molecule has 3 heteroatoms. The Balaban J connectivity index is 1.89. The zero-order chi connectivity index (χ0) is 14.8. The van der Waals surface area contributed by atoms with Crippen molar-refractivity contribution >= 4 is 5.91 Å². The van der Waals surface area contributed by atoms with Gasteiger partial charge in [0.2, 0.25) is 5.91 Å².